The second-order valence-corrected chi connectivity index (χ2v) is 0.615. The van der Waals surface area contributed by atoms with Gasteiger partial charge in [0.1, 0.15) is 0 Å². The van der Waals surface area contributed by atoms with Crippen LogP contribution in [0.1, 0.15) is 0 Å². The molecular weight excluding hydrogens is 279 g/mol. The Morgan fingerprint density at radius 2 is 0.900 bits per heavy atom. The first-order valence-corrected chi connectivity index (χ1v) is 1.46. The first-order chi connectivity index (χ1) is 3.46. The Morgan fingerprint density at radius 1 is 0.900 bits per heavy atom. The molecule has 0 bridgehead atoms. The molecule has 0 saturated carbocycles. The summed E-state index contributed by atoms with van der Waals surface area (Å²) >= 11 is 0. The van der Waals surface area contributed by atoms with Crippen LogP contribution in [0.2, 0.25) is 0 Å². The van der Waals surface area contributed by atoms with Gasteiger partial charge < -0.3 is 30.1 Å². The largest absolute Gasteiger partial charge is 2.00 e. The summed E-state index contributed by atoms with van der Waals surface area (Å²) in [5.74, 6) is 0. The van der Waals surface area contributed by atoms with E-state index in [1.54, 1.807) is 0 Å². The zero-order chi connectivity index (χ0) is 7.15. The van der Waals surface area contributed by atoms with E-state index in [1.807, 2.05) is 0 Å². The summed E-state index contributed by atoms with van der Waals surface area (Å²) in [6.07, 6.45) is 0. The van der Waals surface area contributed by atoms with Crippen LogP contribution in [0.4, 0.5) is 0 Å². The van der Waals surface area contributed by atoms with Gasteiger partial charge in [0.25, 0.3) is 0 Å². The molecule has 0 aromatic rings. The van der Waals surface area contributed by atoms with E-state index >= 15 is 0 Å². The average molecular weight is 281 g/mol. The summed E-state index contributed by atoms with van der Waals surface area (Å²) in [6, 6.07) is 0. The second-order valence-electron chi connectivity index (χ2n) is 0.615. The summed E-state index contributed by atoms with van der Waals surface area (Å²) in [5.41, 5.74) is 0. The summed E-state index contributed by atoms with van der Waals surface area (Å²) < 4.78 is 0. The summed E-state index contributed by atoms with van der Waals surface area (Å²) in [6.45, 7) is 0. The van der Waals surface area contributed by atoms with Crippen molar-refractivity contribution in [2.45, 2.75) is 0 Å². The third-order valence-electron chi connectivity index (χ3n) is 0. The maximum absolute atomic E-state index is 8.64. The Labute approximate surface area is 115 Å². The fourth-order valence-electron chi connectivity index (χ4n) is 0. The second kappa shape index (κ2) is 17.3. The minimum atomic E-state index is -2.92. The van der Waals surface area contributed by atoms with Crippen molar-refractivity contribution in [2.24, 2.45) is 0 Å². The van der Waals surface area contributed by atoms with Crippen LogP contribution < -0.4 is 20.1 Å². The van der Waals surface area contributed by atoms with Crippen molar-refractivity contribution in [1.82, 2.24) is 0 Å². The molecule has 0 saturated heterocycles. The molecular formula is H2B2BaMgO6. The van der Waals surface area contributed by atoms with Crippen LogP contribution in [0, 0.1) is 0 Å². The Bertz CT molecular complexity index is 31.2. The Hall–Kier alpha value is 2.23. The van der Waals surface area contributed by atoms with Crippen molar-refractivity contribution in [3.8, 4) is 0 Å². The standard InChI is InChI=1S/BH2O3.BO3.Ba.Mg/c2*2-1(3)4;;/h2-3H;;;/q-1;-3;2*+2. The maximum atomic E-state index is 8.64. The van der Waals surface area contributed by atoms with Crippen molar-refractivity contribution in [1.29, 1.82) is 0 Å². The van der Waals surface area contributed by atoms with Gasteiger partial charge in [-0.2, -0.15) is 0 Å². The SMILES string of the molecule is [Ba+2].[Mg+2].[O-]B(O)O.[O-]B([O-])[O-]. The molecule has 0 aromatic carbocycles. The molecule has 0 aliphatic carbocycles. The van der Waals surface area contributed by atoms with Crippen LogP contribution in [0.3, 0.4) is 0 Å². The quantitative estimate of drug-likeness (QED) is 0.424. The Balaban J connectivity index is -0.0000000300. The summed E-state index contributed by atoms with van der Waals surface area (Å²) in [7, 11) is -5.33. The van der Waals surface area contributed by atoms with Gasteiger partial charge in [-0.25, -0.2) is 0 Å². The maximum Gasteiger partial charge on any atom is 2.00 e. The van der Waals surface area contributed by atoms with E-state index < -0.39 is 14.6 Å². The van der Waals surface area contributed by atoms with Gasteiger partial charge in [-0.05, 0) is 0 Å². The van der Waals surface area contributed by atoms with Crippen molar-refractivity contribution < 1.29 is 30.1 Å². The first kappa shape index (κ1) is 22.8. The molecule has 0 aromatic heterocycles. The molecule has 0 amide bonds. The van der Waals surface area contributed by atoms with Gasteiger partial charge in [0.15, 0.2) is 0 Å². The minimum absolute atomic E-state index is 0. The van der Waals surface area contributed by atoms with Gasteiger partial charge in [-0.15, -0.1) is 0 Å². The Kier molecular flexibility index (Phi) is 39.5. The van der Waals surface area contributed by atoms with Crippen LogP contribution >= 0.6 is 0 Å². The molecule has 0 radical (unpaired) electrons. The van der Waals surface area contributed by atoms with Gasteiger partial charge in [0.2, 0.25) is 0 Å². The predicted octanol–water partition coefficient (Wildman–Crippen LogP) is -7.39. The monoisotopic (exact) mass is 282 g/mol. The van der Waals surface area contributed by atoms with E-state index in [-0.39, 0.29) is 71.9 Å². The van der Waals surface area contributed by atoms with Crippen LogP contribution in [0.5, 0.6) is 0 Å². The van der Waals surface area contributed by atoms with E-state index in [2.05, 4.69) is 0 Å². The zero-order valence-electron chi connectivity index (χ0n) is 5.10. The van der Waals surface area contributed by atoms with Gasteiger partial charge in [0.05, 0.1) is 0 Å². The van der Waals surface area contributed by atoms with Crippen LogP contribution in [-0.2, 0) is 0 Å². The summed E-state index contributed by atoms with van der Waals surface area (Å²) in [4.78, 5) is 0. The van der Waals surface area contributed by atoms with E-state index in [4.69, 9.17) is 30.1 Å². The molecule has 0 fully saturated rings. The number of hydrogen-bond donors (Lipinski definition) is 2. The minimum Gasteiger partial charge on any atom is -0.907 e. The van der Waals surface area contributed by atoms with Gasteiger partial charge in [-0.3, -0.25) is 7.32 Å². The van der Waals surface area contributed by atoms with Gasteiger partial charge >= 0.3 is 79.3 Å². The third kappa shape index (κ3) is 176. The van der Waals surface area contributed by atoms with Crippen LogP contribution in [0.15, 0.2) is 0 Å². The molecule has 10 heteroatoms. The van der Waals surface area contributed by atoms with E-state index in [0.29, 0.717) is 0 Å². The number of rotatable bonds is 0. The molecule has 2 N–H and O–H groups in total. The normalized spacial score (nSPS) is 5.40. The fraction of sp³-hybridized carbons (Fsp3) is 0. The molecule has 0 rings (SSSR count). The van der Waals surface area contributed by atoms with Crippen LogP contribution in [0.25, 0.3) is 0 Å². The summed E-state index contributed by atoms with van der Waals surface area (Å²) in [5, 5.41) is 48.0. The molecule has 6 nitrogen and oxygen atoms in total. The fourth-order valence-corrected chi connectivity index (χ4v) is 0. The third-order valence-corrected chi connectivity index (χ3v) is 0. The average Bonchev–Trinajstić information content (AvgIpc) is 1.25. The molecule has 10 heavy (non-hydrogen) atoms. The topological polar surface area (TPSA) is 133 Å². The van der Waals surface area contributed by atoms with Crippen molar-refractivity contribution in [3.63, 3.8) is 0 Å². The molecule has 0 aliphatic heterocycles. The van der Waals surface area contributed by atoms with Crippen molar-refractivity contribution in [2.75, 3.05) is 0 Å². The number of hydrogen-bond acceptors (Lipinski definition) is 6. The first-order valence-electron chi connectivity index (χ1n) is 1.46. The van der Waals surface area contributed by atoms with Gasteiger partial charge in [-0.1, -0.05) is 0 Å². The van der Waals surface area contributed by atoms with E-state index in [9.17, 15) is 0 Å². The van der Waals surface area contributed by atoms with Gasteiger partial charge in [0, 0.05) is 0 Å². The van der Waals surface area contributed by atoms with E-state index in [0.717, 1.165) is 0 Å². The predicted molar refractivity (Wildman–Crippen MR) is 27.5 cm³/mol. The zero-order valence-corrected chi connectivity index (χ0v) is 11.0. The van der Waals surface area contributed by atoms with Crippen molar-refractivity contribution >= 4 is 86.6 Å². The Morgan fingerprint density at radius 3 is 0.900 bits per heavy atom. The smallest absolute Gasteiger partial charge is 0.907 e. The molecule has 0 heterocycles. The molecule has 0 aliphatic rings. The van der Waals surface area contributed by atoms with Crippen molar-refractivity contribution in [3.05, 3.63) is 0 Å². The molecule has 0 atom stereocenters. The van der Waals surface area contributed by atoms with E-state index in [1.165, 1.54) is 0 Å². The molecule has 0 spiro atoms. The molecule has 48 valence electrons. The molecule has 0 unspecified atom stereocenters. The van der Waals surface area contributed by atoms with Crippen LogP contribution in [-0.4, -0.2) is 96.6 Å².